The summed E-state index contributed by atoms with van der Waals surface area (Å²) in [7, 11) is 0. The highest BCUT2D eigenvalue weighted by atomic mass is 32.1. The summed E-state index contributed by atoms with van der Waals surface area (Å²) in [5.41, 5.74) is 3.61. The second-order valence-electron chi connectivity index (χ2n) is 8.45. The third-order valence-electron chi connectivity index (χ3n) is 6.06. The normalized spacial score (nSPS) is 12.3. The molecule has 0 aliphatic heterocycles. The summed E-state index contributed by atoms with van der Waals surface area (Å²) in [6.45, 7) is 11.8. The lowest BCUT2D eigenvalue weighted by Gasteiger charge is -2.26. The van der Waals surface area contributed by atoms with E-state index in [0.29, 0.717) is 29.3 Å². The first kappa shape index (κ1) is 24.8. The molecule has 1 atom stereocenters. The molecule has 0 saturated heterocycles. The van der Waals surface area contributed by atoms with E-state index in [1.165, 1.54) is 0 Å². The van der Waals surface area contributed by atoms with Crippen LogP contribution in [0.4, 0.5) is 5.82 Å². The molecule has 0 spiro atoms. The molecule has 35 heavy (non-hydrogen) atoms. The molecule has 1 amide bonds. The van der Waals surface area contributed by atoms with Gasteiger partial charge in [-0.3, -0.25) is 9.69 Å². The van der Waals surface area contributed by atoms with Crippen molar-refractivity contribution < 1.29 is 4.79 Å². The monoisotopic (exact) mass is 491 g/mol. The fourth-order valence-electron chi connectivity index (χ4n) is 4.07. The van der Waals surface area contributed by atoms with Gasteiger partial charge in [0.25, 0.3) is 5.91 Å². The SMILES string of the molecule is CCCNc1cc(C(=O)NCC(C)N(CC)CC)cc(-c2cnn3ccc(-c4cccs4)nc23)n1. The van der Waals surface area contributed by atoms with Crippen LogP contribution in [0.2, 0.25) is 0 Å². The van der Waals surface area contributed by atoms with Crippen LogP contribution in [-0.4, -0.2) is 62.6 Å². The Morgan fingerprint density at radius 1 is 1.14 bits per heavy atom. The number of amides is 1. The Hall–Kier alpha value is -3.30. The van der Waals surface area contributed by atoms with Gasteiger partial charge in [-0.15, -0.1) is 11.3 Å². The maximum Gasteiger partial charge on any atom is 0.251 e. The maximum absolute atomic E-state index is 13.1. The molecule has 2 N–H and O–H groups in total. The van der Waals surface area contributed by atoms with Crippen LogP contribution in [0.25, 0.3) is 27.5 Å². The molecule has 0 aliphatic rings. The van der Waals surface area contributed by atoms with Crippen molar-refractivity contribution >= 4 is 28.7 Å². The number of pyridine rings is 1. The summed E-state index contributed by atoms with van der Waals surface area (Å²) in [4.78, 5) is 26.2. The van der Waals surface area contributed by atoms with E-state index < -0.39 is 0 Å². The third-order valence-corrected chi connectivity index (χ3v) is 6.95. The van der Waals surface area contributed by atoms with Gasteiger partial charge >= 0.3 is 0 Å². The quantitative estimate of drug-likeness (QED) is 0.313. The first-order valence-electron chi connectivity index (χ1n) is 12.2. The van der Waals surface area contributed by atoms with Crippen molar-refractivity contribution in [1.82, 2.24) is 29.8 Å². The molecule has 0 radical (unpaired) electrons. The summed E-state index contributed by atoms with van der Waals surface area (Å²) in [5.74, 6) is 0.552. The van der Waals surface area contributed by atoms with Gasteiger partial charge in [0.15, 0.2) is 5.65 Å². The lowest BCUT2D eigenvalue weighted by molar-refractivity contribution is 0.0938. The number of fused-ring (bicyclic) bond motifs is 1. The van der Waals surface area contributed by atoms with E-state index in [9.17, 15) is 4.79 Å². The summed E-state index contributed by atoms with van der Waals surface area (Å²) in [5, 5.41) is 12.9. The molecule has 4 aromatic heterocycles. The number of rotatable bonds is 11. The van der Waals surface area contributed by atoms with Crippen molar-refractivity contribution in [2.24, 2.45) is 0 Å². The summed E-state index contributed by atoms with van der Waals surface area (Å²) < 4.78 is 1.74. The highest BCUT2D eigenvalue weighted by molar-refractivity contribution is 7.13. The number of anilines is 1. The highest BCUT2D eigenvalue weighted by Gasteiger charge is 2.17. The molecule has 0 aliphatic carbocycles. The predicted octanol–water partition coefficient (Wildman–Crippen LogP) is 4.80. The van der Waals surface area contributed by atoms with E-state index in [4.69, 9.17) is 9.97 Å². The van der Waals surface area contributed by atoms with E-state index in [0.717, 1.165) is 42.2 Å². The van der Waals surface area contributed by atoms with Crippen molar-refractivity contribution in [1.29, 1.82) is 0 Å². The molecular formula is C26H33N7OS. The van der Waals surface area contributed by atoms with Crippen molar-refractivity contribution in [3.05, 3.63) is 53.7 Å². The van der Waals surface area contributed by atoms with Crippen molar-refractivity contribution in [3.8, 4) is 21.8 Å². The number of nitrogens with one attached hydrogen (secondary N) is 2. The van der Waals surface area contributed by atoms with Gasteiger partial charge in [0, 0.05) is 30.9 Å². The van der Waals surface area contributed by atoms with E-state index >= 15 is 0 Å². The molecule has 4 aromatic rings. The Morgan fingerprint density at radius 2 is 1.97 bits per heavy atom. The van der Waals surface area contributed by atoms with Gasteiger partial charge in [0.1, 0.15) is 5.82 Å². The van der Waals surface area contributed by atoms with Crippen LogP contribution in [0.1, 0.15) is 44.5 Å². The minimum atomic E-state index is -0.115. The number of aromatic nitrogens is 4. The summed E-state index contributed by atoms with van der Waals surface area (Å²) in [6, 6.07) is 9.91. The molecule has 1 unspecified atom stereocenters. The highest BCUT2D eigenvalue weighted by Crippen LogP contribution is 2.28. The molecule has 0 bridgehead atoms. The van der Waals surface area contributed by atoms with Crippen LogP contribution in [-0.2, 0) is 0 Å². The van der Waals surface area contributed by atoms with Crippen LogP contribution >= 0.6 is 11.3 Å². The number of thiophene rings is 1. The Morgan fingerprint density at radius 3 is 2.69 bits per heavy atom. The fourth-order valence-corrected chi connectivity index (χ4v) is 4.77. The van der Waals surface area contributed by atoms with Gasteiger partial charge < -0.3 is 10.6 Å². The minimum absolute atomic E-state index is 0.115. The summed E-state index contributed by atoms with van der Waals surface area (Å²) in [6.07, 6.45) is 4.62. The molecule has 4 heterocycles. The van der Waals surface area contributed by atoms with Gasteiger partial charge in [-0.2, -0.15) is 5.10 Å². The zero-order valence-corrected chi connectivity index (χ0v) is 21.6. The van der Waals surface area contributed by atoms with E-state index in [2.05, 4.69) is 54.4 Å². The second kappa shape index (κ2) is 11.4. The van der Waals surface area contributed by atoms with Crippen molar-refractivity contribution in [2.45, 2.75) is 40.2 Å². The van der Waals surface area contributed by atoms with Gasteiger partial charge in [0.05, 0.1) is 28.0 Å². The Balaban J connectivity index is 1.67. The number of hydrogen-bond acceptors (Lipinski definition) is 7. The number of likely N-dealkylation sites (N-methyl/N-ethyl adjacent to an activating group) is 1. The van der Waals surface area contributed by atoms with Crippen molar-refractivity contribution in [2.75, 3.05) is 31.5 Å². The third kappa shape index (κ3) is 5.68. The fraction of sp³-hybridized carbons (Fsp3) is 0.385. The first-order chi connectivity index (χ1) is 17.0. The van der Waals surface area contributed by atoms with Crippen LogP contribution in [0.15, 0.2) is 48.1 Å². The average molecular weight is 492 g/mol. The molecule has 8 nitrogen and oxygen atoms in total. The molecule has 0 aromatic carbocycles. The number of nitrogens with zero attached hydrogens (tertiary/aromatic N) is 5. The van der Waals surface area contributed by atoms with E-state index in [1.54, 1.807) is 22.0 Å². The molecule has 9 heteroatoms. The smallest absolute Gasteiger partial charge is 0.251 e. The Bertz CT molecular complexity index is 1260. The zero-order valence-electron chi connectivity index (χ0n) is 20.8. The van der Waals surface area contributed by atoms with Gasteiger partial charge in [0.2, 0.25) is 0 Å². The van der Waals surface area contributed by atoms with Crippen LogP contribution < -0.4 is 10.6 Å². The maximum atomic E-state index is 13.1. The number of carbonyl (C=O) groups excluding carboxylic acids is 1. The minimum Gasteiger partial charge on any atom is -0.370 e. The summed E-state index contributed by atoms with van der Waals surface area (Å²) >= 11 is 1.65. The topological polar surface area (TPSA) is 87.5 Å². The molecule has 0 saturated carbocycles. The zero-order chi connectivity index (χ0) is 24.8. The average Bonchev–Trinajstić information content (AvgIpc) is 3.56. The molecular weight excluding hydrogens is 458 g/mol. The van der Waals surface area contributed by atoms with Crippen LogP contribution in [0.5, 0.6) is 0 Å². The van der Waals surface area contributed by atoms with Gasteiger partial charge in [-0.05, 0) is 56.1 Å². The van der Waals surface area contributed by atoms with Gasteiger partial charge in [-0.1, -0.05) is 26.8 Å². The lowest BCUT2D eigenvalue weighted by Crippen LogP contribution is -2.42. The lowest BCUT2D eigenvalue weighted by atomic mass is 10.1. The van der Waals surface area contributed by atoms with E-state index in [-0.39, 0.29) is 11.9 Å². The second-order valence-corrected chi connectivity index (χ2v) is 9.40. The van der Waals surface area contributed by atoms with E-state index in [1.807, 2.05) is 35.8 Å². The number of hydrogen-bond donors (Lipinski definition) is 2. The Kier molecular flexibility index (Phi) is 8.09. The largest absolute Gasteiger partial charge is 0.370 e. The molecule has 184 valence electrons. The Labute approximate surface area is 210 Å². The predicted molar refractivity (Wildman–Crippen MR) is 143 cm³/mol. The van der Waals surface area contributed by atoms with Crippen LogP contribution in [0, 0.1) is 0 Å². The van der Waals surface area contributed by atoms with Crippen molar-refractivity contribution in [3.63, 3.8) is 0 Å². The first-order valence-corrected chi connectivity index (χ1v) is 13.1. The molecule has 4 rings (SSSR count). The standard InChI is InChI=1S/C26H33N7OS/c1-5-11-27-24-15-19(26(34)28-16-18(4)32(6-2)7-3)14-22(30-24)20-17-29-33-12-10-21(31-25(20)33)23-9-8-13-35-23/h8-10,12-15,17-18H,5-7,11,16H2,1-4H3,(H,27,30)(H,28,34). The van der Waals surface area contributed by atoms with Gasteiger partial charge in [-0.25, -0.2) is 14.5 Å². The number of carbonyl (C=O) groups is 1. The van der Waals surface area contributed by atoms with Crippen LogP contribution in [0.3, 0.4) is 0 Å². The molecule has 0 fully saturated rings.